The third kappa shape index (κ3) is 5.17. The molecule has 0 rings (SSSR count). The van der Waals surface area contributed by atoms with E-state index in [1.807, 2.05) is 6.92 Å². The lowest BCUT2D eigenvalue weighted by Crippen LogP contribution is -2.45. The first kappa shape index (κ1) is 15.9. The average molecular weight is 246 g/mol. The number of rotatable bonds is 9. The fourth-order valence-corrected chi connectivity index (χ4v) is 1.46. The van der Waals surface area contributed by atoms with Gasteiger partial charge < -0.3 is 14.9 Å². The molecule has 2 atom stereocenters. The van der Waals surface area contributed by atoms with Crippen molar-refractivity contribution < 1.29 is 24.5 Å². The van der Waals surface area contributed by atoms with E-state index >= 15 is 0 Å². The lowest BCUT2D eigenvalue weighted by Gasteiger charge is -2.31. The van der Waals surface area contributed by atoms with Gasteiger partial charge in [0.05, 0.1) is 0 Å². The van der Waals surface area contributed by atoms with Gasteiger partial charge in [-0.15, -0.1) is 0 Å². The second-order valence-electron chi connectivity index (χ2n) is 4.45. The minimum absolute atomic E-state index is 0.0405. The maximum atomic E-state index is 11.2. The Morgan fingerprint density at radius 1 is 1.35 bits per heavy atom. The molecule has 17 heavy (non-hydrogen) atoms. The molecule has 0 bridgehead atoms. The summed E-state index contributed by atoms with van der Waals surface area (Å²) in [5.41, 5.74) is -1.30. The summed E-state index contributed by atoms with van der Waals surface area (Å²) < 4.78 is 5.43. The minimum atomic E-state index is -1.30. The van der Waals surface area contributed by atoms with Gasteiger partial charge in [0.25, 0.3) is 0 Å². The van der Waals surface area contributed by atoms with Gasteiger partial charge in [-0.1, -0.05) is 20.3 Å². The lowest BCUT2D eigenvalue weighted by molar-refractivity contribution is -0.172. The van der Waals surface area contributed by atoms with Gasteiger partial charge in [-0.25, -0.2) is 4.79 Å². The van der Waals surface area contributed by atoms with Crippen LogP contribution in [0.15, 0.2) is 0 Å². The molecule has 0 amide bonds. The Kier molecular flexibility index (Phi) is 6.80. The van der Waals surface area contributed by atoms with Crippen molar-refractivity contribution in [1.82, 2.24) is 0 Å². The molecule has 5 heteroatoms. The number of ether oxygens (including phenoxy) is 1. The number of carbonyl (C=O) groups is 2. The molecule has 100 valence electrons. The van der Waals surface area contributed by atoms with Crippen LogP contribution in [0.25, 0.3) is 0 Å². The molecule has 2 unspecified atom stereocenters. The number of hydrogen-bond acceptors (Lipinski definition) is 3. The van der Waals surface area contributed by atoms with Crippen LogP contribution in [0.5, 0.6) is 0 Å². The third-order valence-corrected chi connectivity index (χ3v) is 3.06. The Morgan fingerprint density at radius 3 is 2.35 bits per heavy atom. The zero-order chi connectivity index (χ0) is 13.5. The molecular formula is C12H22O5. The maximum absolute atomic E-state index is 11.2. The summed E-state index contributed by atoms with van der Waals surface area (Å²) in [7, 11) is 0. The first-order valence-corrected chi connectivity index (χ1v) is 5.93. The Balaban J connectivity index is 4.46. The molecule has 0 saturated heterocycles. The molecule has 0 spiro atoms. The zero-order valence-electron chi connectivity index (χ0n) is 10.7. The molecule has 0 heterocycles. The highest BCUT2D eigenvalue weighted by atomic mass is 16.5. The first-order chi connectivity index (χ1) is 7.84. The van der Waals surface area contributed by atoms with Crippen LogP contribution < -0.4 is 0 Å². The van der Waals surface area contributed by atoms with Crippen LogP contribution in [-0.2, 0) is 14.3 Å². The van der Waals surface area contributed by atoms with E-state index in [-0.39, 0.29) is 12.3 Å². The van der Waals surface area contributed by atoms with Crippen molar-refractivity contribution in [1.29, 1.82) is 0 Å². The fraction of sp³-hybridized carbons (Fsp3) is 0.833. The van der Waals surface area contributed by atoms with E-state index in [1.54, 1.807) is 6.92 Å². The van der Waals surface area contributed by atoms with E-state index in [9.17, 15) is 14.7 Å². The largest absolute Gasteiger partial charge is 0.481 e. The van der Waals surface area contributed by atoms with E-state index in [2.05, 4.69) is 0 Å². The fourth-order valence-electron chi connectivity index (χ4n) is 1.46. The van der Waals surface area contributed by atoms with Crippen molar-refractivity contribution >= 4 is 11.9 Å². The monoisotopic (exact) mass is 246 g/mol. The summed E-state index contributed by atoms with van der Waals surface area (Å²) in [5, 5.41) is 17.8. The van der Waals surface area contributed by atoms with Crippen LogP contribution in [0.4, 0.5) is 0 Å². The van der Waals surface area contributed by atoms with Crippen LogP contribution >= 0.6 is 0 Å². The summed E-state index contributed by atoms with van der Waals surface area (Å²) in [4.78, 5) is 21.7. The lowest BCUT2D eigenvalue weighted by atomic mass is 9.87. The van der Waals surface area contributed by atoms with E-state index in [1.165, 1.54) is 6.92 Å². The predicted molar refractivity (Wildman–Crippen MR) is 62.9 cm³/mol. The molecule has 0 radical (unpaired) electrons. The van der Waals surface area contributed by atoms with E-state index in [0.29, 0.717) is 13.0 Å². The minimum Gasteiger partial charge on any atom is -0.481 e. The van der Waals surface area contributed by atoms with Gasteiger partial charge in [0.15, 0.2) is 5.60 Å². The van der Waals surface area contributed by atoms with Crippen molar-refractivity contribution in [2.75, 3.05) is 6.61 Å². The number of hydrogen-bond donors (Lipinski definition) is 2. The Morgan fingerprint density at radius 2 is 1.94 bits per heavy atom. The molecule has 0 aliphatic carbocycles. The molecule has 0 aromatic carbocycles. The number of carboxylic acid groups (broad SMARTS) is 2. The Bertz CT molecular complexity index is 264. The Labute approximate surface area is 102 Å². The van der Waals surface area contributed by atoms with Crippen molar-refractivity contribution in [3.05, 3.63) is 0 Å². The summed E-state index contributed by atoms with van der Waals surface area (Å²) in [6, 6.07) is 0. The number of aliphatic carboxylic acids is 2. The summed E-state index contributed by atoms with van der Waals surface area (Å²) in [6.07, 6.45) is 1.99. The van der Waals surface area contributed by atoms with Gasteiger partial charge in [-0.3, -0.25) is 4.79 Å². The van der Waals surface area contributed by atoms with Crippen molar-refractivity contribution in [3.63, 3.8) is 0 Å². The quantitative estimate of drug-likeness (QED) is 0.609. The van der Waals surface area contributed by atoms with Gasteiger partial charge in [-0.05, 0) is 25.7 Å². The van der Waals surface area contributed by atoms with Crippen molar-refractivity contribution in [2.45, 2.75) is 52.1 Å². The topological polar surface area (TPSA) is 83.8 Å². The number of unbranched alkanes of at least 4 members (excludes halogenated alkanes) is 1. The molecule has 2 N–H and O–H groups in total. The second-order valence-corrected chi connectivity index (χ2v) is 4.45. The molecule has 0 aliphatic rings. The summed E-state index contributed by atoms with van der Waals surface area (Å²) >= 11 is 0. The van der Waals surface area contributed by atoms with Gasteiger partial charge in [-0.2, -0.15) is 0 Å². The molecule has 0 saturated carbocycles. The highest BCUT2D eigenvalue weighted by Gasteiger charge is 2.39. The third-order valence-electron chi connectivity index (χ3n) is 3.06. The summed E-state index contributed by atoms with van der Waals surface area (Å²) in [5.74, 6) is -2.29. The van der Waals surface area contributed by atoms with Gasteiger partial charge in [0.2, 0.25) is 0 Å². The van der Waals surface area contributed by atoms with Crippen LogP contribution in [-0.4, -0.2) is 34.4 Å². The van der Waals surface area contributed by atoms with Gasteiger partial charge in [0, 0.05) is 13.0 Å². The van der Waals surface area contributed by atoms with Gasteiger partial charge in [0.1, 0.15) is 0 Å². The standard InChI is InChI=1S/C12H22O5/c1-4-5-8-17-12(3,11(15)16)9(2)6-7-10(13)14/h9H,4-8H2,1-3H3,(H,13,14)(H,15,16). The normalized spacial score (nSPS) is 16.2. The second kappa shape index (κ2) is 7.27. The highest BCUT2D eigenvalue weighted by Crippen LogP contribution is 2.26. The maximum Gasteiger partial charge on any atom is 0.335 e. The molecule has 0 aliphatic heterocycles. The molecule has 0 fully saturated rings. The van der Waals surface area contributed by atoms with E-state index in [0.717, 1.165) is 12.8 Å². The van der Waals surface area contributed by atoms with Crippen molar-refractivity contribution in [3.8, 4) is 0 Å². The number of carboxylic acids is 2. The molecular weight excluding hydrogens is 224 g/mol. The van der Waals surface area contributed by atoms with Crippen LogP contribution in [0.2, 0.25) is 0 Å². The van der Waals surface area contributed by atoms with E-state index in [4.69, 9.17) is 9.84 Å². The highest BCUT2D eigenvalue weighted by molar-refractivity contribution is 5.77. The zero-order valence-corrected chi connectivity index (χ0v) is 10.7. The van der Waals surface area contributed by atoms with Crippen LogP contribution in [0.1, 0.15) is 46.5 Å². The van der Waals surface area contributed by atoms with Crippen LogP contribution in [0.3, 0.4) is 0 Å². The molecule has 0 aromatic heterocycles. The molecule has 5 nitrogen and oxygen atoms in total. The van der Waals surface area contributed by atoms with Crippen molar-refractivity contribution in [2.24, 2.45) is 5.92 Å². The smallest absolute Gasteiger partial charge is 0.335 e. The Hall–Kier alpha value is -1.10. The predicted octanol–water partition coefficient (Wildman–Crippen LogP) is 2.15. The SMILES string of the molecule is CCCCOC(C)(C(=O)O)C(C)CCC(=O)O. The first-order valence-electron chi connectivity index (χ1n) is 5.93. The van der Waals surface area contributed by atoms with Gasteiger partial charge >= 0.3 is 11.9 Å². The molecule has 0 aromatic rings. The van der Waals surface area contributed by atoms with E-state index < -0.39 is 17.5 Å². The van der Waals surface area contributed by atoms with Crippen LogP contribution in [0, 0.1) is 5.92 Å². The summed E-state index contributed by atoms with van der Waals surface area (Å²) in [6.45, 7) is 5.60. The average Bonchev–Trinajstić information content (AvgIpc) is 2.25.